The second kappa shape index (κ2) is 4.36. The number of para-hydroxylation sites is 1. The van der Waals surface area contributed by atoms with E-state index < -0.39 is 0 Å². The van der Waals surface area contributed by atoms with Crippen molar-refractivity contribution in [3.8, 4) is 5.75 Å². The molecule has 0 aliphatic carbocycles. The fourth-order valence-corrected chi connectivity index (χ4v) is 0.802. The van der Waals surface area contributed by atoms with Gasteiger partial charge >= 0.3 is 0 Å². The molecule has 0 aliphatic heterocycles. The minimum Gasteiger partial charge on any atom is -0.493 e. The van der Waals surface area contributed by atoms with Crippen molar-refractivity contribution in [3.63, 3.8) is 0 Å². The van der Waals surface area contributed by atoms with Crippen LogP contribution in [0.4, 0.5) is 0 Å². The van der Waals surface area contributed by atoms with Crippen LogP contribution in [0.25, 0.3) is 0 Å². The molecule has 68 valence electrons. The number of hydrogen-bond acceptors (Lipinski definition) is 2. The summed E-state index contributed by atoms with van der Waals surface area (Å²) in [6.07, 6.45) is 0. The molecule has 0 aliphatic rings. The molecule has 0 bridgehead atoms. The molecule has 2 heteroatoms. The molecule has 0 aromatic heterocycles. The predicted octanol–water partition coefficient (Wildman–Crippen LogP) is 2.74. The molecule has 13 heavy (non-hydrogen) atoms. The Morgan fingerprint density at radius 1 is 1.08 bits per heavy atom. The highest BCUT2D eigenvalue weighted by molar-refractivity contribution is 5.26. The average Bonchev–Trinajstić information content (AvgIpc) is 2.18. The normalized spacial score (nSPS) is 9.00. The van der Waals surface area contributed by atoms with E-state index >= 15 is 0 Å². The van der Waals surface area contributed by atoms with Crippen LogP contribution in [0.2, 0.25) is 0 Å². The van der Waals surface area contributed by atoms with E-state index in [9.17, 15) is 0 Å². The van der Waals surface area contributed by atoms with Gasteiger partial charge in [-0.3, -0.25) is 0 Å². The average molecular weight is 176 g/mol. The monoisotopic (exact) mass is 176 g/mol. The Bertz CT molecular complexity index is 301. The summed E-state index contributed by atoms with van der Waals surface area (Å²) in [5.74, 6) is 1.59. The smallest absolute Gasteiger partial charge is 0.161 e. The lowest BCUT2D eigenvalue weighted by Gasteiger charge is -2.09. The Morgan fingerprint density at radius 3 is 2.23 bits per heavy atom. The first kappa shape index (κ1) is 9.39. The van der Waals surface area contributed by atoms with Crippen LogP contribution in [0.1, 0.15) is 0 Å². The molecule has 0 saturated carbocycles. The predicted molar refractivity (Wildman–Crippen MR) is 52.4 cm³/mol. The van der Waals surface area contributed by atoms with Gasteiger partial charge < -0.3 is 9.47 Å². The largest absolute Gasteiger partial charge is 0.493 e. The Hall–Kier alpha value is -1.70. The van der Waals surface area contributed by atoms with E-state index in [1.165, 1.54) is 7.11 Å². The van der Waals surface area contributed by atoms with Crippen LogP contribution in [0.3, 0.4) is 0 Å². The molecule has 0 N–H and O–H groups in total. The van der Waals surface area contributed by atoms with E-state index in [-0.39, 0.29) is 0 Å². The highest BCUT2D eigenvalue weighted by atomic mass is 16.5. The van der Waals surface area contributed by atoms with Crippen LogP contribution in [-0.4, -0.2) is 7.11 Å². The maximum absolute atomic E-state index is 5.35. The molecule has 0 fully saturated rings. The Labute approximate surface area is 78.1 Å². The van der Waals surface area contributed by atoms with Crippen LogP contribution in [0.15, 0.2) is 55.0 Å². The van der Waals surface area contributed by atoms with Gasteiger partial charge in [-0.2, -0.15) is 0 Å². The summed E-state index contributed by atoms with van der Waals surface area (Å²) in [7, 11) is 1.53. The third-order valence-corrected chi connectivity index (χ3v) is 1.54. The molecular weight excluding hydrogens is 164 g/mol. The lowest BCUT2D eigenvalue weighted by Crippen LogP contribution is -1.97. The Kier molecular flexibility index (Phi) is 3.15. The van der Waals surface area contributed by atoms with Crippen LogP contribution < -0.4 is 4.74 Å². The first-order chi connectivity index (χ1) is 6.24. The van der Waals surface area contributed by atoms with Gasteiger partial charge in [-0.1, -0.05) is 31.4 Å². The molecule has 0 radical (unpaired) electrons. The second-order valence-electron chi connectivity index (χ2n) is 2.47. The molecule has 0 spiro atoms. The fourth-order valence-electron chi connectivity index (χ4n) is 0.802. The molecule has 1 aromatic rings. The summed E-state index contributed by atoms with van der Waals surface area (Å²) in [5.41, 5.74) is 0. The van der Waals surface area contributed by atoms with Crippen molar-refractivity contribution >= 4 is 0 Å². The number of rotatable bonds is 4. The van der Waals surface area contributed by atoms with Crippen molar-refractivity contribution in [2.45, 2.75) is 0 Å². The first-order valence-electron chi connectivity index (χ1n) is 3.89. The first-order valence-corrected chi connectivity index (χ1v) is 3.89. The minimum atomic E-state index is 0.425. The zero-order valence-electron chi connectivity index (χ0n) is 7.62. The standard InChI is InChI=1S/C11H12O2/c1-9(12-3)10(2)13-11-7-5-4-6-8-11/h4-8H,1-2H2,3H3. The zero-order valence-corrected chi connectivity index (χ0v) is 7.62. The lowest BCUT2D eigenvalue weighted by atomic mass is 10.3. The summed E-state index contributed by atoms with van der Waals surface area (Å²) >= 11 is 0. The van der Waals surface area contributed by atoms with Crippen molar-refractivity contribution in [3.05, 3.63) is 55.0 Å². The summed E-state index contributed by atoms with van der Waals surface area (Å²) < 4.78 is 10.2. The van der Waals surface area contributed by atoms with E-state index in [2.05, 4.69) is 13.2 Å². The van der Waals surface area contributed by atoms with Crippen molar-refractivity contribution < 1.29 is 9.47 Å². The Morgan fingerprint density at radius 2 is 1.69 bits per heavy atom. The fraction of sp³-hybridized carbons (Fsp3) is 0.0909. The summed E-state index contributed by atoms with van der Waals surface area (Å²) in [5, 5.41) is 0. The van der Waals surface area contributed by atoms with Gasteiger partial charge in [0.2, 0.25) is 0 Å². The van der Waals surface area contributed by atoms with Gasteiger partial charge in [0.05, 0.1) is 7.11 Å². The molecule has 0 amide bonds. The molecule has 0 saturated heterocycles. The van der Waals surface area contributed by atoms with Crippen LogP contribution >= 0.6 is 0 Å². The van der Waals surface area contributed by atoms with E-state index in [4.69, 9.17) is 9.47 Å². The Balaban J connectivity index is 2.60. The quantitative estimate of drug-likeness (QED) is 0.518. The van der Waals surface area contributed by atoms with Crippen molar-refractivity contribution in [2.24, 2.45) is 0 Å². The van der Waals surface area contributed by atoms with Gasteiger partial charge in [0, 0.05) is 0 Å². The highest BCUT2D eigenvalue weighted by Gasteiger charge is 2.01. The van der Waals surface area contributed by atoms with E-state index in [1.54, 1.807) is 0 Å². The number of ether oxygens (including phenoxy) is 2. The number of methoxy groups -OCH3 is 1. The van der Waals surface area contributed by atoms with Gasteiger partial charge in [0.1, 0.15) is 5.75 Å². The van der Waals surface area contributed by atoms with Crippen LogP contribution in [0, 0.1) is 0 Å². The molecule has 0 heterocycles. The van der Waals surface area contributed by atoms with Gasteiger partial charge in [-0.15, -0.1) is 0 Å². The topological polar surface area (TPSA) is 18.5 Å². The zero-order chi connectivity index (χ0) is 9.68. The van der Waals surface area contributed by atoms with Gasteiger partial charge in [0.15, 0.2) is 11.5 Å². The maximum Gasteiger partial charge on any atom is 0.161 e. The van der Waals surface area contributed by atoms with Gasteiger partial charge in [-0.25, -0.2) is 0 Å². The van der Waals surface area contributed by atoms with Crippen LogP contribution in [-0.2, 0) is 4.74 Å². The minimum absolute atomic E-state index is 0.425. The summed E-state index contributed by atoms with van der Waals surface area (Å²) in [4.78, 5) is 0. The van der Waals surface area contributed by atoms with Crippen LogP contribution in [0.5, 0.6) is 5.75 Å². The number of benzene rings is 1. The lowest BCUT2D eigenvalue weighted by molar-refractivity contribution is 0.265. The molecule has 2 nitrogen and oxygen atoms in total. The molecule has 0 atom stereocenters. The third-order valence-electron chi connectivity index (χ3n) is 1.54. The molecule has 1 aromatic carbocycles. The van der Waals surface area contributed by atoms with Crippen molar-refractivity contribution in [1.29, 1.82) is 0 Å². The van der Waals surface area contributed by atoms with Gasteiger partial charge in [0.25, 0.3) is 0 Å². The summed E-state index contributed by atoms with van der Waals surface area (Å²) in [6.45, 7) is 7.30. The molecule has 1 rings (SSSR count). The molecular formula is C11H12O2. The summed E-state index contributed by atoms with van der Waals surface area (Å²) in [6, 6.07) is 9.37. The number of hydrogen-bond donors (Lipinski definition) is 0. The van der Waals surface area contributed by atoms with E-state index in [0.717, 1.165) is 5.75 Å². The van der Waals surface area contributed by atoms with Gasteiger partial charge in [-0.05, 0) is 12.1 Å². The second-order valence-corrected chi connectivity index (χ2v) is 2.47. The SMILES string of the molecule is C=C(OC)C(=C)Oc1ccccc1. The highest BCUT2D eigenvalue weighted by Crippen LogP contribution is 2.15. The van der Waals surface area contributed by atoms with E-state index in [0.29, 0.717) is 11.5 Å². The van der Waals surface area contributed by atoms with E-state index in [1.807, 2.05) is 30.3 Å². The van der Waals surface area contributed by atoms with Crippen molar-refractivity contribution in [1.82, 2.24) is 0 Å². The molecule has 0 unspecified atom stereocenters. The maximum atomic E-state index is 5.35. The third kappa shape index (κ3) is 2.67. The van der Waals surface area contributed by atoms with Crippen molar-refractivity contribution in [2.75, 3.05) is 7.11 Å².